The number of aliphatic imine (C=N–C) groups is 1. The van der Waals surface area contributed by atoms with Gasteiger partial charge in [-0.2, -0.15) is 4.99 Å². The molecule has 0 spiro atoms. The highest BCUT2D eigenvalue weighted by Gasteiger charge is 1.98. The largest absolute Gasteiger partial charge is 0.387 e. The topological polar surface area (TPSA) is 78.8 Å². The van der Waals surface area contributed by atoms with Gasteiger partial charge in [-0.1, -0.05) is 0 Å². The first kappa shape index (κ1) is 10.1. The van der Waals surface area contributed by atoms with Crippen molar-refractivity contribution in [2.75, 3.05) is 11.9 Å². The molecule has 5 heteroatoms. The number of carbonyl (C=O) groups excluding carboxylic acids is 2. The van der Waals surface area contributed by atoms with E-state index in [-0.39, 0.29) is 0 Å². The molecule has 1 aromatic rings. The van der Waals surface area contributed by atoms with E-state index in [0.717, 1.165) is 0 Å². The molecule has 1 aromatic carbocycles. The highest BCUT2D eigenvalue weighted by Crippen LogP contribution is 2.15. The van der Waals surface area contributed by atoms with Gasteiger partial charge in [0.2, 0.25) is 12.0 Å². The molecular weight excluding hydrogens is 184 g/mol. The van der Waals surface area contributed by atoms with Crippen LogP contribution >= 0.6 is 0 Å². The molecule has 0 heterocycles. The van der Waals surface area contributed by atoms with Crippen LogP contribution < -0.4 is 5.32 Å². The zero-order valence-electron chi connectivity index (χ0n) is 7.23. The Bertz CT molecular complexity index is 366. The number of hydrogen-bond donors (Lipinski definition) is 2. The highest BCUT2D eigenvalue weighted by molar-refractivity contribution is 5.91. The van der Waals surface area contributed by atoms with Gasteiger partial charge in [-0.05, 0) is 24.3 Å². The molecule has 5 nitrogen and oxygen atoms in total. The van der Waals surface area contributed by atoms with Crippen molar-refractivity contribution >= 4 is 23.4 Å². The summed E-state index contributed by atoms with van der Waals surface area (Å²) in [6, 6.07) is 6.25. The van der Waals surface area contributed by atoms with E-state index in [2.05, 4.69) is 10.3 Å². The number of rotatable bonds is 3. The van der Waals surface area contributed by atoms with Crippen molar-refractivity contribution in [2.24, 2.45) is 4.99 Å². The van der Waals surface area contributed by atoms with E-state index < -0.39 is 12.5 Å². The monoisotopic (exact) mass is 192 g/mol. The second-order valence-electron chi connectivity index (χ2n) is 2.46. The smallest absolute Gasteiger partial charge is 0.250 e. The van der Waals surface area contributed by atoms with Crippen molar-refractivity contribution in [1.29, 1.82) is 0 Å². The fraction of sp³-hybridized carbons (Fsp3) is 0.111. The lowest BCUT2D eigenvalue weighted by Crippen LogP contribution is -2.15. The van der Waals surface area contributed by atoms with Gasteiger partial charge in [-0.15, -0.1) is 0 Å². The van der Waals surface area contributed by atoms with Crippen LogP contribution in [-0.4, -0.2) is 23.7 Å². The number of aliphatic hydroxyl groups is 1. The Morgan fingerprint density at radius 3 is 2.57 bits per heavy atom. The van der Waals surface area contributed by atoms with Gasteiger partial charge in [0, 0.05) is 5.69 Å². The van der Waals surface area contributed by atoms with Crippen molar-refractivity contribution in [1.82, 2.24) is 0 Å². The molecule has 0 aliphatic rings. The van der Waals surface area contributed by atoms with Gasteiger partial charge in [0.1, 0.15) is 6.61 Å². The summed E-state index contributed by atoms with van der Waals surface area (Å²) >= 11 is 0. The first-order chi connectivity index (χ1) is 6.76. The van der Waals surface area contributed by atoms with Crippen LogP contribution in [-0.2, 0) is 9.59 Å². The lowest BCUT2D eigenvalue weighted by atomic mass is 10.3. The maximum atomic E-state index is 10.7. The molecular formula is C9H8N2O3. The van der Waals surface area contributed by atoms with E-state index in [9.17, 15) is 9.59 Å². The minimum Gasteiger partial charge on any atom is -0.387 e. The molecule has 0 atom stereocenters. The molecule has 0 radical (unpaired) electrons. The van der Waals surface area contributed by atoms with Gasteiger partial charge < -0.3 is 10.4 Å². The second-order valence-corrected chi connectivity index (χ2v) is 2.46. The molecule has 0 aliphatic heterocycles. The fourth-order valence-corrected chi connectivity index (χ4v) is 0.873. The van der Waals surface area contributed by atoms with Gasteiger partial charge >= 0.3 is 0 Å². The third-order valence-electron chi connectivity index (χ3n) is 1.47. The van der Waals surface area contributed by atoms with Crippen LogP contribution in [0.4, 0.5) is 11.4 Å². The van der Waals surface area contributed by atoms with E-state index in [0.29, 0.717) is 11.4 Å². The lowest BCUT2D eigenvalue weighted by Gasteiger charge is -2.01. The number of carbonyl (C=O) groups is 1. The maximum absolute atomic E-state index is 10.7. The predicted molar refractivity (Wildman–Crippen MR) is 49.9 cm³/mol. The molecule has 2 N–H and O–H groups in total. The van der Waals surface area contributed by atoms with Crippen molar-refractivity contribution in [3.05, 3.63) is 24.3 Å². The Hall–Kier alpha value is -1.97. The molecule has 1 rings (SSSR count). The second kappa shape index (κ2) is 4.91. The average Bonchev–Trinajstić information content (AvgIpc) is 2.21. The molecule has 0 saturated carbocycles. The zero-order chi connectivity index (χ0) is 10.4. The van der Waals surface area contributed by atoms with Crippen LogP contribution in [0.5, 0.6) is 0 Å². The molecule has 72 valence electrons. The quantitative estimate of drug-likeness (QED) is 0.543. The lowest BCUT2D eigenvalue weighted by molar-refractivity contribution is -0.118. The number of benzene rings is 1. The Morgan fingerprint density at radius 1 is 1.43 bits per heavy atom. The van der Waals surface area contributed by atoms with E-state index in [1.807, 2.05) is 0 Å². The standard InChI is InChI=1S/C9H8N2O3/c12-5-9(14)11-8-3-1-7(2-4-8)10-6-13/h1-4,12H,5H2,(H,11,14). The van der Waals surface area contributed by atoms with E-state index in [1.54, 1.807) is 24.3 Å². The van der Waals surface area contributed by atoms with Crippen molar-refractivity contribution in [2.45, 2.75) is 0 Å². The summed E-state index contributed by atoms with van der Waals surface area (Å²) in [5, 5.41) is 10.9. The van der Waals surface area contributed by atoms with Gasteiger partial charge in [0.15, 0.2) is 0 Å². The molecule has 14 heavy (non-hydrogen) atoms. The summed E-state index contributed by atoms with van der Waals surface area (Å²) < 4.78 is 0. The summed E-state index contributed by atoms with van der Waals surface area (Å²) in [5.74, 6) is -0.489. The van der Waals surface area contributed by atoms with E-state index in [4.69, 9.17) is 5.11 Å². The van der Waals surface area contributed by atoms with Crippen LogP contribution in [0.2, 0.25) is 0 Å². The predicted octanol–water partition coefficient (Wildman–Crippen LogP) is 0.585. The number of nitrogens with one attached hydrogen (secondary N) is 1. The first-order valence-corrected chi connectivity index (χ1v) is 3.85. The molecule has 0 aliphatic carbocycles. The Labute approximate surface area is 80.1 Å². The highest BCUT2D eigenvalue weighted by atomic mass is 16.3. The molecule has 0 fully saturated rings. The number of amides is 1. The van der Waals surface area contributed by atoms with Gasteiger partial charge in [-0.25, -0.2) is 4.79 Å². The Balaban J connectivity index is 2.73. The van der Waals surface area contributed by atoms with Crippen LogP contribution in [0.15, 0.2) is 29.3 Å². The van der Waals surface area contributed by atoms with Gasteiger partial charge in [-0.3, -0.25) is 4.79 Å². The average molecular weight is 192 g/mol. The van der Waals surface area contributed by atoms with Crippen LogP contribution in [0, 0.1) is 0 Å². The molecule has 1 amide bonds. The van der Waals surface area contributed by atoms with Crippen LogP contribution in [0.25, 0.3) is 0 Å². The fourth-order valence-electron chi connectivity index (χ4n) is 0.873. The zero-order valence-corrected chi connectivity index (χ0v) is 7.23. The first-order valence-electron chi connectivity index (χ1n) is 3.85. The van der Waals surface area contributed by atoms with Crippen molar-refractivity contribution in [3.8, 4) is 0 Å². The third-order valence-corrected chi connectivity index (χ3v) is 1.47. The number of isocyanates is 1. The molecule has 0 unspecified atom stereocenters. The number of aliphatic hydroxyl groups excluding tert-OH is 1. The summed E-state index contributed by atoms with van der Waals surface area (Å²) in [4.78, 5) is 24.0. The van der Waals surface area contributed by atoms with Gasteiger partial charge in [0.25, 0.3) is 0 Å². The Kier molecular flexibility index (Phi) is 3.55. The minimum absolute atomic E-state index is 0.460. The SMILES string of the molecule is O=C=Nc1ccc(NC(=O)CO)cc1. The van der Waals surface area contributed by atoms with Crippen LogP contribution in [0.1, 0.15) is 0 Å². The summed E-state index contributed by atoms with van der Waals surface area (Å²) in [7, 11) is 0. The van der Waals surface area contributed by atoms with Crippen molar-refractivity contribution < 1.29 is 14.7 Å². The summed E-state index contributed by atoms with van der Waals surface area (Å²) in [5.41, 5.74) is 0.996. The van der Waals surface area contributed by atoms with Crippen molar-refractivity contribution in [3.63, 3.8) is 0 Å². The number of nitrogens with zero attached hydrogens (tertiary/aromatic N) is 1. The summed E-state index contributed by atoms with van der Waals surface area (Å²) in [6.07, 6.45) is 1.40. The maximum Gasteiger partial charge on any atom is 0.250 e. The van der Waals surface area contributed by atoms with E-state index >= 15 is 0 Å². The van der Waals surface area contributed by atoms with E-state index in [1.165, 1.54) is 6.08 Å². The molecule has 0 aromatic heterocycles. The van der Waals surface area contributed by atoms with Crippen LogP contribution in [0.3, 0.4) is 0 Å². The summed E-state index contributed by atoms with van der Waals surface area (Å²) in [6.45, 7) is -0.561. The molecule has 0 bridgehead atoms. The third kappa shape index (κ3) is 2.82. The number of hydrogen-bond acceptors (Lipinski definition) is 4. The molecule has 0 saturated heterocycles. The normalized spacial score (nSPS) is 8.93. The number of anilines is 1. The van der Waals surface area contributed by atoms with Gasteiger partial charge in [0.05, 0.1) is 5.69 Å². The Morgan fingerprint density at radius 2 is 2.07 bits per heavy atom. The minimum atomic E-state index is -0.561.